The number of carbonyl (C=O) groups excluding carboxylic acids is 2. The number of ketones is 1. The Kier molecular flexibility index (Phi) is 4.86. The normalized spacial score (nSPS) is 18.5. The first-order valence-corrected chi connectivity index (χ1v) is 10.9. The van der Waals surface area contributed by atoms with Crippen LogP contribution in [0, 0.1) is 0 Å². The molecule has 1 N–H and O–H groups in total. The van der Waals surface area contributed by atoms with Crippen molar-refractivity contribution < 1.29 is 24.2 Å². The molecule has 5 rings (SSSR count). The van der Waals surface area contributed by atoms with Crippen molar-refractivity contribution in [2.45, 2.75) is 51.9 Å². The molecule has 0 spiro atoms. The summed E-state index contributed by atoms with van der Waals surface area (Å²) in [5.41, 5.74) is 2.12. The lowest BCUT2D eigenvalue weighted by Gasteiger charge is -2.31. The number of hydrogen-bond donors (Lipinski definition) is 1. The molecule has 8 nitrogen and oxygen atoms in total. The number of pyridine rings is 2. The van der Waals surface area contributed by atoms with E-state index in [4.69, 9.17) is 14.5 Å². The molecule has 8 heteroatoms. The summed E-state index contributed by atoms with van der Waals surface area (Å²) in [6.45, 7) is 3.40. The summed E-state index contributed by atoms with van der Waals surface area (Å²) in [6.07, 6.45) is 1.09. The van der Waals surface area contributed by atoms with Gasteiger partial charge in [0.2, 0.25) is 0 Å². The number of fused-ring (bicyclic) bond motifs is 5. The number of nitrogens with zero attached hydrogens (tertiary/aromatic N) is 2. The molecule has 170 valence electrons. The monoisotopic (exact) mass is 448 g/mol. The maximum absolute atomic E-state index is 13.3. The van der Waals surface area contributed by atoms with E-state index in [1.807, 2.05) is 18.2 Å². The molecule has 2 aromatic heterocycles. The van der Waals surface area contributed by atoms with Crippen LogP contribution in [0.4, 0.5) is 0 Å². The van der Waals surface area contributed by atoms with Crippen molar-refractivity contribution in [3.8, 4) is 17.1 Å². The van der Waals surface area contributed by atoms with Crippen molar-refractivity contribution in [3.05, 3.63) is 56.9 Å². The number of ether oxygens (including phenoxy) is 2. The third-order valence-electron chi connectivity index (χ3n) is 6.67. The molecular weight excluding hydrogens is 424 g/mol. The van der Waals surface area contributed by atoms with Crippen LogP contribution >= 0.6 is 0 Å². The molecule has 4 heterocycles. The highest BCUT2D eigenvalue weighted by atomic mass is 16.6. The molecule has 0 fully saturated rings. The molecule has 1 aromatic carbocycles. The standard InChI is InChI=1S/C25H24N2O6/c1-4-25(31)18-10-20-21-15(11-27(20)23(29)17(18)12-33-24(25)30)9-16-19(26-21)8-7-14(22(16)32-3)6-5-13(2)28/h7-10,31H,4-6,11-12H2,1-3H3/t25-/m0/s1. The van der Waals surface area contributed by atoms with Crippen LogP contribution in [0.2, 0.25) is 0 Å². The van der Waals surface area contributed by atoms with E-state index >= 15 is 0 Å². The zero-order valence-corrected chi connectivity index (χ0v) is 18.7. The number of aromatic nitrogens is 2. The Morgan fingerprint density at radius 3 is 2.79 bits per heavy atom. The van der Waals surface area contributed by atoms with Crippen LogP contribution in [-0.2, 0) is 39.5 Å². The van der Waals surface area contributed by atoms with Crippen molar-refractivity contribution >= 4 is 22.7 Å². The summed E-state index contributed by atoms with van der Waals surface area (Å²) >= 11 is 0. The van der Waals surface area contributed by atoms with Gasteiger partial charge in [-0.1, -0.05) is 13.0 Å². The second-order valence-electron chi connectivity index (χ2n) is 8.63. The number of methoxy groups -OCH3 is 1. The maximum Gasteiger partial charge on any atom is 0.343 e. The van der Waals surface area contributed by atoms with Crippen LogP contribution in [0.1, 0.15) is 48.9 Å². The van der Waals surface area contributed by atoms with Gasteiger partial charge >= 0.3 is 5.97 Å². The average molecular weight is 448 g/mol. The van der Waals surface area contributed by atoms with Gasteiger partial charge in [0.05, 0.1) is 36.1 Å². The molecule has 0 aliphatic carbocycles. The lowest BCUT2D eigenvalue weighted by molar-refractivity contribution is -0.172. The molecule has 0 bridgehead atoms. The summed E-state index contributed by atoms with van der Waals surface area (Å²) in [6, 6.07) is 7.45. The first-order chi connectivity index (χ1) is 15.8. The minimum absolute atomic E-state index is 0.0972. The van der Waals surface area contributed by atoms with Gasteiger partial charge in [-0.15, -0.1) is 0 Å². The van der Waals surface area contributed by atoms with Gasteiger partial charge < -0.3 is 23.9 Å². The summed E-state index contributed by atoms with van der Waals surface area (Å²) in [7, 11) is 1.59. The van der Waals surface area contributed by atoms with Crippen LogP contribution in [0.3, 0.4) is 0 Å². The Hall–Kier alpha value is -3.52. The van der Waals surface area contributed by atoms with Crippen LogP contribution < -0.4 is 10.3 Å². The van der Waals surface area contributed by atoms with Gasteiger partial charge in [0.25, 0.3) is 5.56 Å². The van der Waals surface area contributed by atoms with Crippen LogP contribution in [0.5, 0.6) is 5.75 Å². The molecule has 1 atom stereocenters. The SMILES string of the molecule is CC[C@@]1(O)C(=O)OCc2c1cc1n(c2=O)Cc2cc3c(OC)c(CCC(C)=O)ccc3nc2-1. The molecule has 0 amide bonds. The zero-order chi connectivity index (χ0) is 23.5. The Morgan fingerprint density at radius 1 is 1.30 bits per heavy atom. The van der Waals surface area contributed by atoms with E-state index in [9.17, 15) is 19.5 Å². The van der Waals surface area contributed by atoms with Crippen molar-refractivity contribution in [1.82, 2.24) is 9.55 Å². The Morgan fingerprint density at radius 2 is 2.09 bits per heavy atom. The molecule has 0 saturated heterocycles. The first kappa shape index (κ1) is 21.3. The van der Waals surface area contributed by atoms with Gasteiger partial charge in [-0.2, -0.15) is 0 Å². The molecule has 2 aliphatic heterocycles. The van der Waals surface area contributed by atoms with E-state index in [2.05, 4.69) is 0 Å². The van der Waals surface area contributed by atoms with Gasteiger partial charge in [-0.3, -0.25) is 4.79 Å². The molecule has 2 aliphatic rings. The van der Waals surface area contributed by atoms with E-state index in [1.165, 1.54) is 0 Å². The topological polar surface area (TPSA) is 108 Å². The Bertz CT molecular complexity index is 1410. The predicted molar refractivity (Wildman–Crippen MR) is 120 cm³/mol. The van der Waals surface area contributed by atoms with Gasteiger partial charge in [0.1, 0.15) is 18.1 Å². The van der Waals surface area contributed by atoms with Crippen LogP contribution in [0.15, 0.2) is 29.1 Å². The lowest BCUT2D eigenvalue weighted by atomic mass is 9.86. The van der Waals surface area contributed by atoms with Crippen LogP contribution in [0.25, 0.3) is 22.3 Å². The number of esters is 1. The Labute approximate surface area is 189 Å². The fourth-order valence-electron chi connectivity index (χ4n) is 4.82. The van der Waals surface area contributed by atoms with Crippen molar-refractivity contribution in [3.63, 3.8) is 0 Å². The quantitative estimate of drug-likeness (QED) is 0.468. The molecule has 0 saturated carbocycles. The van der Waals surface area contributed by atoms with Crippen molar-refractivity contribution in [2.24, 2.45) is 0 Å². The summed E-state index contributed by atoms with van der Waals surface area (Å²) < 4.78 is 12.4. The van der Waals surface area contributed by atoms with E-state index in [-0.39, 0.29) is 24.4 Å². The minimum atomic E-state index is -1.85. The maximum atomic E-state index is 13.3. The Balaban J connectivity index is 1.69. The number of carbonyl (C=O) groups is 2. The molecular formula is C25H24N2O6. The van der Waals surface area contributed by atoms with E-state index in [0.717, 1.165) is 16.5 Å². The molecule has 33 heavy (non-hydrogen) atoms. The lowest BCUT2D eigenvalue weighted by Crippen LogP contribution is -2.44. The number of rotatable bonds is 5. The third-order valence-corrected chi connectivity index (χ3v) is 6.67. The zero-order valence-electron chi connectivity index (χ0n) is 18.7. The van der Waals surface area contributed by atoms with E-state index in [0.29, 0.717) is 53.2 Å². The molecule has 0 unspecified atom stereocenters. The summed E-state index contributed by atoms with van der Waals surface area (Å²) in [5, 5.41) is 11.8. The number of hydrogen-bond acceptors (Lipinski definition) is 7. The average Bonchev–Trinajstić information content (AvgIpc) is 3.16. The van der Waals surface area contributed by atoms with Gasteiger partial charge in [-0.05, 0) is 43.5 Å². The van der Waals surface area contributed by atoms with E-state index < -0.39 is 11.6 Å². The largest absolute Gasteiger partial charge is 0.496 e. The fourth-order valence-corrected chi connectivity index (χ4v) is 4.82. The summed E-state index contributed by atoms with van der Waals surface area (Å²) in [5.74, 6) is 0.0397. The third kappa shape index (κ3) is 3.08. The van der Waals surface area contributed by atoms with Gasteiger partial charge in [-0.25, -0.2) is 9.78 Å². The molecule has 3 aromatic rings. The fraction of sp³-hybridized carbons (Fsp3) is 0.360. The number of aryl methyl sites for hydroxylation is 1. The number of cyclic esters (lactones) is 1. The van der Waals surface area contributed by atoms with Crippen molar-refractivity contribution in [2.75, 3.05) is 7.11 Å². The van der Waals surface area contributed by atoms with E-state index in [1.54, 1.807) is 31.6 Å². The highest BCUT2D eigenvalue weighted by Gasteiger charge is 2.45. The smallest absolute Gasteiger partial charge is 0.343 e. The van der Waals surface area contributed by atoms with Gasteiger partial charge in [0.15, 0.2) is 5.60 Å². The highest BCUT2D eigenvalue weighted by molar-refractivity contribution is 5.91. The number of Topliss-reactive ketones (excluding diaryl/α,β-unsaturated/α-hetero) is 1. The summed E-state index contributed by atoms with van der Waals surface area (Å²) in [4.78, 5) is 41.9. The van der Waals surface area contributed by atoms with Crippen LogP contribution in [-0.4, -0.2) is 33.5 Å². The number of benzene rings is 1. The highest BCUT2D eigenvalue weighted by Crippen LogP contribution is 2.40. The second-order valence-corrected chi connectivity index (χ2v) is 8.63. The second kappa shape index (κ2) is 7.52. The van der Waals surface area contributed by atoms with Gasteiger partial charge in [0, 0.05) is 22.9 Å². The predicted octanol–water partition coefficient (Wildman–Crippen LogP) is 2.61. The number of aliphatic hydroxyl groups is 1. The first-order valence-electron chi connectivity index (χ1n) is 10.9. The minimum Gasteiger partial charge on any atom is -0.496 e. The molecule has 0 radical (unpaired) electrons. The van der Waals surface area contributed by atoms with Crippen molar-refractivity contribution in [1.29, 1.82) is 0 Å².